The van der Waals surface area contributed by atoms with Crippen molar-refractivity contribution < 1.29 is 24.1 Å². The summed E-state index contributed by atoms with van der Waals surface area (Å²) in [5.74, 6) is 2.04. The molecule has 1 aliphatic heterocycles. The zero-order valence-corrected chi connectivity index (χ0v) is 22.4. The average molecular weight is 473 g/mol. The quantitative estimate of drug-likeness (QED) is 0.260. The summed E-state index contributed by atoms with van der Waals surface area (Å²) in [7, 11) is 3.35. The number of Topliss-reactive ketones (excluding diaryl/α,β-unsaturated/α-hetero) is 1. The number of hydrogen-bond acceptors (Lipinski definition) is 5. The lowest BCUT2D eigenvalue weighted by Crippen LogP contribution is -2.16. The van der Waals surface area contributed by atoms with Gasteiger partial charge in [0.05, 0.1) is 32.0 Å². The van der Waals surface area contributed by atoms with Crippen LogP contribution in [0.15, 0.2) is 35.4 Å². The number of allylic oxidation sites excluding steroid dienone is 2. The molecule has 0 bridgehead atoms. The van der Waals surface area contributed by atoms with E-state index in [1.54, 1.807) is 14.2 Å². The molecule has 1 aromatic rings. The molecule has 190 valence electrons. The number of ketones is 1. The summed E-state index contributed by atoms with van der Waals surface area (Å²) < 4.78 is 16.5. The standard InChI is InChI=1S/C29H44O5/c1-19(10-9-11-21(3)26(31)18-27-29(5,6)34-27)14-24(30)15-20(2)12-13-23-17-25(32-7)16-22(4)28(23)33-8/h12,14,16-17,21,24,27,30H,9-11,13,15,18H2,1-8H3/b19-14+,20-12+/t21?,24?,27-/m0/s1. The van der Waals surface area contributed by atoms with Crippen LogP contribution < -0.4 is 9.47 Å². The Kier molecular flexibility index (Phi) is 10.4. The summed E-state index contributed by atoms with van der Waals surface area (Å²) in [6, 6.07) is 3.97. The topological polar surface area (TPSA) is 68.3 Å². The maximum atomic E-state index is 12.4. The number of carbonyl (C=O) groups excluding carboxylic acids is 1. The Labute approximate surface area is 206 Å². The van der Waals surface area contributed by atoms with Gasteiger partial charge in [-0.15, -0.1) is 0 Å². The van der Waals surface area contributed by atoms with Gasteiger partial charge in [-0.2, -0.15) is 0 Å². The fraction of sp³-hybridized carbons (Fsp3) is 0.621. The first-order valence-electron chi connectivity index (χ1n) is 12.4. The molecule has 5 heteroatoms. The van der Waals surface area contributed by atoms with E-state index in [0.717, 1.165) is 59.5 Å². The van der Waals surface area contributed by atoms with Crippen molar-refractivity contribution in [2.24, 2.45) is 5.92 Å². The summed E-state index contributed by atoms with van der Waals surface area (Å²) >= 11 is 0. The van der Waals surface area contributed by atoms with Crippen molar-refractivity contribution in [3.05, 3.63) is 46.6 Å². The fourth-order valence-electron chi connectivity index (χ4n) is 4.39. The molecular weight excluding hydrogens is 428 g/mol. The van der Waals surface area contributed by atoms with Gasteiger partial charge in [0.1, 0.15) is 17.3 Å². The number of hydrogen-bond donors (Lipinski definition) is 1. The molecule has 0 saturated carbocycles. The van der Waals surface area contributed by atoms with E-state index in [0.29, 0.717) is 18.6 Å². The largest absolute Gasteiger partial charge is 0.497 e. The number of aliphatic hydroxyl groups excluding tert-OH is 1. The van der Waals surface area contributed by atoms with Crippen LogP contribution in [0.4, 0.5) is 0 Å². The summed E-state index contributed by atoms with van der Waals surface area (Å²) in [5.41, 5.74) is 4.28. The molecule has 5 nitrogen and oxygen atoms in total. The van der Waals surface area contributed by atoms with Gasteiger partial charge >= 0.3 is 0 Å². The number of methoxy groups -OCH3 is 2. The van der Waals surface area contributed by atoms with Gasteiger partial charge in [-0.3, -0.25) is 4.79 Å². The lowest BCUT2D eigenvalue weighted by atomic mass is 9.93. The summed E-state index contributed by atoms with van der Waals surface area (Å²) in [5, 5.41) is 10.5. The SMILES string of the molecule is COc1cc(C)c(OC)c(C/C=C(\C)CC(O)/C=C(\C)CCCC(C)C(=O)C[C@@H]2OC2(C)C)c1. The predicted molar refractivity (Wildman–Crippen MR) is 138 cm³/mol. The maximum Gasteiger partial charge on any atom is 0.138 e. The Hall–Kier alpha value is -2.11. The Morgan fingerprint density at radius 2 is 1.88 bits per heavy atom. The summed E-state index contributed by atoms with van der Waals surface area (Å²) in [4.78, 5) is 12.4. The highest BCUT2D eigenvalue weighted by Gasteiger charge is 2.48. The Morgan fingerprint density at radius 1 is 1.21 bits per heavy atom. The molecule has 1 fully saturated rings. The van der Waals surface area contributed by atoms with Crippen molar-refractivity contribution in [3.63, 3.8) is 0 Å². The van der Waals surface area contributed by atoms with Crippen LogP contribution in [0.5, 0.6) is 11.5 Å². The highest BCUT2D eigenvalue weighted by atomic mass is 16.6. The summed E-state index contributed by atoms with van der Waals surface area (Å²) in [6.07, 6.45) is 8.20. The first-order valence-corrected chi connectivity index (χ1v) is 12.4. The van der Waals surface area contributed by atoms with Crippen molar-refractivity contribution >= 4 is 5.78 Å². The maximum absolute atomic E-state index is 12.4. The van der Waals surface area contributed by atoms with Crippen LogP contribution in [0, 0.1) is 12.8 Å². The second-order valence-electron chi connectivity index (χ2n) is 10.3. The molecular formula is C29H44O5. The lowest BCUT2D eigenvalue weighted by Gasteiger charge is -2.13. The molecule has 34 heavy (non-hydrogen) atoms. The van der Waals surface area contributed by atoms with Crippen molar-refractivity contribution in [3.8, 4) is 11.5 Å². The molecule has 1 heterocycles. The number of benzene rings is 1. The monoisotopic (exact) mass is 472 g/mol. The summed E-state index contributed by atoms with van der Waals surface area (Å²) in [6.45, 7) is 12.2. The molecule has 3 atom stereocenters. The van der Waals surface area contributed by atoms with Gasteiger partial charge in [0.2, 0.25) is 0 Å². The van der Waals surface area contributed by atoms with E-state index >= 15 is 0 Å². The molecule has 0 radical (unpaired) electrons. The number of carbonyl (C=O) groups is 1. The molecule has 2 unspecified atom stereocenters. The van der Waals surface area contributed by atoms with E-state index in [2.05, 4.69) is 13.0 Å². The van der Waals surface area contributed by atoms with E-state index in [1.165, 1.54) is 0 Å². The number of rotatable bonds is 14. The molecule has 0 amide bonds. The predicted octanol–water partition coefficient (Wildman–Crippen LogP) is 6.14. The van der Waals surface area contributed by atoms with E-state index in [1.807, 2.05) is 52.8 Å². The third-order valence-electron chi connectivity index (χ3n) is 6.75. The molecule has 2 rings (SSSR count). The Balaban J connectivity index is 1.79. The van der Waals surface area contributed by atoms with E-state index in [9.17, 15) is 9.90 Å². The van der Waals surface area contributed by atoms with Gasteiger partial charge in [-0.25, -0.2) is 0 Å². The van der Waals surface area contributed by atoms with E-state index in [4.69, 9.17) is 14.2 Å². The van der Waals surface area contributed by atoms with E-state index in [-0.39, 0.29) is 17.6 Å². The van der Waals surface area contributed by atoms with Crippen LogP contribution in [-0.2, 0) is 16.0 Å². The smallest absolute Gasteiger partial charge is 0.138 e. The number of aryl methyl sites for hydroxylation is 1. The Morgan fingerprint density at radius 3 is 2.47 bits per heavy atom. The van der Waals surface area contributed by atoms with Crippen molar-refractivity contribution in [1.82, 2.24) is 0 Å². The van der Waals surface area contributed by atoms with Crippen LogP contribution >= 0.6 is 0 Å². The van der Waals surface area contributed by atoms with Crippen molar-refractivity contribution in [2.75, 3.05) is 14.2 Å². The van der Waals surface area contributed by atoms with Crippen LogP contribution in [0.25, 0.3) is 0 Å². The first-order chi connectivity index (χ1) is 16.0. The molecule has 1 N–H and O–H groups in total. The van der Waals surface area contributed by atoms with Gasteiger partial charge in [0.15, 0.2) is 0 Å². The number of ether oxygens (including phenoxy) is 3. The molecule has 1 saturated heterocycles. The molecule has 1 aromatic carbocycles. The average Bonchev–Trinajstić information content (AvgIpc) is 3.36. The van der Waals surface area contributed by atoms with Gasteiger partial charge in [0.25, 0.3) is 0 Å². The van der Waals surface area contributed by atoms with Gasteiger partial charge in [0, 0.05) is 17.9 Å². The molecule has 0 aromatic heterocycles. The third-order valence-corrected chi connectivity index (χ3v) is 6.75. The molecule has 0 aliphatic carbocycles. The Bertz CT molecular complexity index is 896. The van der Waals surface area contributed by atoms with Gasteiger partial charge in [-0.05, 0) is 84.4 Å². The molecule has 0 spiro atoms. The zero-order valence-electron chi connectivity index (χ0n) is 22.4. The van der Waals surface area contributed by atoms with Crippen molar-refractivity contribution in [2.45, 2.75) is 97.9 Å². The minimum Gasteiger partial charge on any atom is -0.497 e. The van der Waals surface area contributed by atoms with Crippen LogP contribution in [-0.4, -0.2) is 42.9 Å². The van der Waals surface area contributed by atoms with E-state index < -0.39 is 6.10 Å². The highest BCUT2D eigenvalue weighted by Crippen LogP contribution is 2.38. The van der Waals surface area contributed by atoms with Gasteiger partial charge in [-0.1, -0.05) is 30.2 Å². The third kappa shape index (κ3) is 8.59. The normalized spacial score (nSPS) is 19.5. The fourth-order valence-corrected chi connectivity index (χ4v) is 4.39. The lowest BCUT2D eigenvalue weighted by molar-refractivity contribution is -0.122. The van der Waals surface area contributed by atoms with Crippen LogP contribution in [0.2, 0.25) is 0 Å². The number of aliphatic hydroxyl groups is 1. The first kappa shape index (κ1) is 28.1. The second-order valence-corrected chi connectivity index (χ2v) is 10.3. The zero-order chi connectivity index (χ0) is 25.5. The minimum absolute atomic E-state index is 0.0557. The molecule has 1 aliphatic rings. The van der Waals surface area contributed by atoms with Gasteiger partial charge < -0.3 is 19.3 Å². The second kappa shape index (κ2) is 12.6. The minimum atomic E-state index is -0.515. The number of epoxide rings is 1. The van der Waals surface area contributed by atoms with Crippen molar-refractivity contribution in [1.29, 1.82) is 0 Å². The highest BCUT2D eigenvalue weighted by molar-refractivity contribution is 5.81. The van der Waals surface area contributed by atoms with Crippen LogP contribution in [0.3, 0.4) is 0 Å². The van der Waals surface area contributed by atoms with Crippen LogP contribution in [0.1, 0.15) is 77.8 Å².